The predicted molar refractivity (Wildman–Crippen MR) is 97.6 cm³/mol. The van der Waals surface area contributed by atoms with Gasteiger partial charge in [0, 0.05) is 5.56 Å². The van der Waals surface area contributed by atoms with E-state index in [-0.39, 0.29) is 17.0 Å². The van der Waals surface area contributed by atoms with E-state index < -0.39 is 0 Å². The fourth-order valence-electron chi connectivity index (χ4n) is 3.04. The number of nitrogens with one attached hydrogen (secondary N) is 1. The number of fused-ring (bicyclic) bond motifs is 1. The molecule has 4 nitrogen and oxygen atoms in total. The van der Waals surface area contributed by atoms with Crippen LogP contribution in [0.5, 0.6) is 0 Å². The number of hydrogen-bond acceptors (Lipinski definition) is 3. The van der Waals surface area contributed by atoms with E-state index in [1.165, 1.54) is 23.9 Å². The highest BCUT2D eigenvalue weighted by atomic mass is 32.2. The van der Waals surface area contributed by atoms with Crippen LogP contribution in [-0.2, 0) is 4.79 Å². The molecule has 3 aromatic rings. The van der Waals surface area contributed by atoms with Gasteiger partial charge in [0.2, 0.25) is 5.91 Å². The molecule has 0 saturated carbocycles. The van der Waals surface area contributed by atoms with Gasteiger partial charge in [-0.25, -0.2) is 9.07 Å². The van der Waals surface area contributed by atoms with E-state index in [1.54, 1.807) is 16.8 Å². The van der Waals surface area contributed by atoms with Gasteiger partial charge in [-0.3, -0.25) is 4.79 Å². The van der Waals surface area contributed by atoms with Crippen LogP contribution in [0, 0.1) is 12.7 Å². The van der Waals surface area contributed by atoms with Gasteiger partial charge in [0.25, 0.3) is 0 Å². The molecule has 0 aliphatic carbocycles. The van der Waals surface area contributed by atoms with Gasteiger partial charge >= 0.3 is 0 Å². The number of benzene rings is 2. The average molecular weight is 353 g/mol. The minimum absolute atomic E-state index is 0.0621. The van der Waals surface area contributed by atoms with Crippen molar-refractivity contribution in [2.45, 2.75) is 12.2 Å². The Hall–Kier alpha value is -2.60. The Balaban J connectivity index is 1.88. The summed E-state index contributed by atoms with van der Waals surface area (Å²) in [5, 5.41) is 7.56. The molecule has 1 aliphatic heterocycles. The Kier molecular flexibility index (Phi) is 4.05. The van der Waals surface area contributed by atoms with Crippen LogP contribution < -0.4 is 5.32 Å². The first-order valence-corrected chi connectivity index (χ1v) is 9.00. The summed E-state index contributed by atoms with van der Waals surface area (Å²) < 4.78 is 15.1. The molecule has 1 amide bonds. The number of carbonyl (C=O) groups excluding carboxylic acids is 1. The summed E-state index contributed by atoms with van der Waals surface area (Å²) in [7, 11) is 0. The van der Waals surface area contributed by atoms with Crippen LogP contribution in [-0.4, -0.2) is 21.4 Å². The molecular weight excluding hydrogens is 337 g/mol. The molecule has 0 bridgehead atoms. The predicted octanol–water partition coefficient (Wildman–Crippen LogP) is 4.09. The molecule has 0 fully saturated rings. The summed E-state index contributed by atoms with van der Waals surface area (Å²) in [6, 6.07) is 16.1. The number of halogens is 1. The van der Waals surface area contributed by atoms with Crippen LogP contribution in [0.4, 0.5) is 10.2 Å². The maximum Gasteiger partial charge on any atom is 0.235 e. The van der Waals surface area contributed by atoms with E-state index in [2.05, 4.69) is 10.4 Å². The lowest BCUT2D eigenvalue weighted by Crippen LogP contribution is -2.15. The number of hydrogen-bond donors (Lipinski definition) is 1. The summed E-state index contributed by atoms with van der Waals surface area (Å²) in [6.45, 7) is 1.94. The van der Waals surface area contributed by atoms with Crippen molar-refractivity contribution in [3.05, 3.63) is 77.2 Å². The van der Waals surface area contributed by atoms with Crippen molar-refractivity contribution in [1.29, 1.82) is 0 Å². The van der Waals surface area contributed by atoms with Gasteiger partial charge in [-0.15, -0.1) is 11.8 Å². The van der Waals surface area contributed by atoms with Crippen LogP contribution in [0.25, 0.3) is 5.69 Å². The smallest absolute Gasteiger partial charge is 0.235 e. The van der Waals surface area contributed by atoms with Gasteiger partial charge in [0.05, 0.1) is 22.4 Å². The molecule has 0 spiro atoms. The highest BCUT2D eigenvalue weighted by Gasteiger charge is 2.30. The van der Waals surface area contributed by atoms with Crippen molar-refractivity contribution in [3.63, 3.8) is 0 Å². The lowest BCUT2D eigenvalue weighted by atomic mass is 10.0. The number of aromatic nitrogens is 2. The Morgan fingerprint density at radius 1 is 1.16 bits per heavy atom. The Morgan fingerprint density at radius 3 is 2.60 bits per heavy atom. The van der Waals surface area contributed by atoms with E-state index in [0.717, 1.165) is 22.5 Å². The molecule has 4 rings (SSSR count). The van der Waals surface area contributed by atoms with Crippen molar-refractivity contribution >= 4 is 23.5 Å². The minimum Gasteiger partial charge on any atom is -0.310 e. The monoisotopic (exact) mass is 353 g/mol. The lowest BCUT2D eigenvalue weighted by molar-refractivity contribution is -0.113. The van der Waals surface area contributed by atoms with E-state index in [1.807, 2.05) is 37.3 Å². The van der Waals surface area contributed by atoms with Crippen molar-refractivity contribution in [1.82, 2.24) is 9.78 Å². The zero-order valence-corrected chi connectivity index (χ0v) is 14.4. The zero-order valence-electron chi connectivity index (χ0n) is 13.6. The summed E-state index contributed by atoms with van der Waals surface area (Å²) in [4.78, 5) is 12.2. The van der Waals surface area contributed by atoms with E-state index in [0.29, 0.717) is 11.6 Å². The van der Waals surface area contributed by atoms with Crippen molar-refractivity contribution in [2.75, 3.05) is 11.1 Å². The van der Waals surface area contributed by atoms with Gasteiger partial charge in [-0.1, -0.05) is 30.3 Å². The number of amides is 1. The molecule has 0 unspecified atom stereocenters. The third-order valence-electron chi connectivity index (χ3n) is 4.18. The Morgan fingerprint density at radius 2 is 1.88 bits per heavy atom. The summed E-state index contributed by atoms with van der Waals surface area (Å²) in [5.41, 5.74) is 3.66. The van der Waals surface area contributed by atoms with Gasteiger partial charge < -0.3 is 5.32 Å². The number of nitrogens with zero attached hydrogens (tertiary/aromatic N) is 2. The number of para-hydroxylation sites is 1. The second-order valence-corrected chi connectivity index (χ2v) is 6.98. The Labute approximate surface area is 149 Å². The minimum atomic E-state index is -0.270. The topological polar surface area (TPSA) is 46.9 Å². The van der Waals surface area contributed by atoms with Gasteiger partial charge in [-0.2, -0.15) is 5.10 Å². The molecule has 2 aromatic carbocycles. The van der Waals surface area contributed by atoms with Crippen molar-refractivity contribution in [3.8, 4) is 5.69 Å². The standard InChI is InChI=1S/C19H16FN3OS/c1-12-17-18(13-7-9-14(20)10-8-13)25-11-16(24)21-19(17)23(22-12)15-5-3-2-4-6-15/h2-10,18H,11H2,1H3,(H,21,24)/t18-/m0/s1. The van der Waals surface area contributed by atoms with Crippen LogP contribution in [0.15, 0.2) is 54.6 Å². The molecule has 0 radical (unpaired) electrons. The van der Waals surface area contributed by atoms with Crippen molar-refractivity contribution in [2.24, 2.45) is 0 Å². The summed E-state index contributed by atoms with van der Waals surface area (Å²) >= 11 is 1.53. The lowest BCUT2D eigenvalue weighted by Gasteiger charge is -2.15. The molecule has 1 atom stereocenters. The molecule has 2 heterocycles. The van der Waals surface area contributed by atoms with Gasteiger partial charge in [0.1, 0.15) is 11.6 Å². The van der Waals surface area contributed by atoms with Crippen molar-refractivity contribution < 1.29 is 9.18 Å². The number of aryl methyl sites for hydroxylation is 1. The molecule has 1 aliphatic rings. The second kappa shape index (κ2) is 6.37. The average Bonchev–Trinajstić information content (AvgIpc) is 2.83. The molecule has 0 saturated heterocycles. The SMILES string of the molecule is Cc1nn(-c2ccccc2)c2c1[C@H](c1ccc(F)cc1)SCC(=O)N2. The third-order valence-corrected chi connectivity index (χ3v) is 5.45. The summed E-state index contributed by atoms with van der Waals surface area (Å²) in [6.07, 6.45) is 0. The van der Waals surface area contributed by atoms with Crippen LogP contribution >= 0.6 is 11.8 Å². The first kappa shape index (κ1) is 15.9. The third kappa shape index (κ3) is 2.93. The largest absolute Gasteiger partial charge is 0.310 e. The maximum absolute atomic E-state index is 13.3. The fourth-order valence-corrected chi connectivity index (χ4v) is 4.23. The highest BCUT2D eigenvalue weighted by Crippen LogP contribution is 2.43. The zero-order chi connectivity index (χ0) is 17.4. The first-order valence-electron chi connectivity index (χ1n) is 7.95. The van der Waals surface area contributed by atoms with Crippen LogP contribution in [0.3, 0.4) is 0 Å². The van der Waals surface area contributed by atoms with Crippen LogP contribution in [0.2, 0.25) is 0 Å². The fraction of sp³-hybridized carbons (Fsp3) is 0.158. The van der Waals surface area contributed by atoms with Crippen LogP contribution in [0.1, 0.15) is 22.1 Å². The van der Waals surface area contributed by atoms with E-state index >= 15 is 0 Å². The highest BCUT2D eigenvalue weighted by molar-refractivity contribution is 8.00. The molecule has 6 heteroatoms. The molecule has 126 valence electrons. The van der Waals surface area contributed by atoms with E-state index in [9.17, 15) is 9.18 Å². The molecule has 25 heavy (non-hydrogen) atoms. The molecule has 1 N–H and O–H groups in total. The maximum atomic E-state index is 13.3. The Bertz CT molecular complexity index is 922. The number of thioether (sulfide) groups is 1. The number of carbonyl (C=O) groups is 1. The quantitative estimate of drug-likeness (QED) is 0.755. The van der Waals surface area contributed by atoms with Gasteiger partial charge in [0.15, 0.2) is 0 Å². The van der Waals surface area contributed by atoms with Gasteiger partial charge in [-0.05, 0) is 36.8 Å². The normalized spacial score (nSPS) is 16.9. The first-order chi connectivity index (χ1) is 12.1. The summed E-state index contributed by atoms with van der Waals surface area (Å²) in [5.74, 6) is 0.694. The second-order valence-electron chi connectivity index (χ2n) is 5.89. The van der Waals surface area contributed by atoms with E-state index in [4.69, 9.17) is 0 Å². The molecular formula is C19H16FN3OS. The number of anilines is 1. The number of rotatable bonds is 2. The molecule has 1 aromatic heterocycles.